The molecule has 1 aromatic carbocycles. The zero-order chi connectivity index (χ0) is 20.7. The zero-order valence-corrected chi connectivity index (χ0v) is 18.0. The van der Waals surface area contributed by atoms with Crippen molar-refractivity contribution < 1.29 is 14.0 Å². The molecule has 3 aromatic heterocycles. The van der Waals surface area contributed by atoms with Crippen LogP contribution in [0.2, 0.25) is 0 Å². The Morgan fingerprint density at radius 1 is 1.23 bits per heavy atom. The lowest BCUT2D eigenvalue weighted by Crippen LogP contribution is -2.21. The number of benzene rings is 1. The van der Waals surface area contributed by atoms with Crippen LogP contribution in [0, 0.1) is 0 Å². The van der Waals surface area contributed by atoms with Gasteiger partial charge in [0.1, 0.15) is 16.2 Å². The molecule has 3 heterocycles. The fraction of sp³-hybridized carbons (Fsp3) is 0.300. The zero-order valence-electron chi connectivity index (χ0n) is 16.3. The summed E-state index contributed by atoms with van der Waals surface area (Å²) in [5.74, 6) is 2.59. The van der Waals surface area contributed by atoms with Gasteiger partial charge in [-0.3, -0.25) is 9.36 Å². The molecule has 0 radical (unpaired) electrons. The molecule has 0 unspecified atom stereocenters. The second-order valence-electron chi connectivity index (χ2n) is 6.80. The molecule has 154 valence electrons. The Hall–Kier alpha value is -2.85. The van der Waals surface area contributed by atoms with E-state index in [4.69, 9.17) is 19.0 Å². The maximum atomic E-state index is 12.9. The van der Waals surface area contributed by atoms with E-state index in [9.17, 15) is 4.79 Å². The van der Waals surface area contributed by atoms with E-state index in [0.717, 1.165) is 18.4 Å². The average Bonchev–Trinajstić information content (AvgIpc) is 3.29. The van der Waals surface area contributed by atoms with E-state index in [1.807, 2.05) is 28.1 Å². The van der Waals surface area contributed by atoms with Gasteiger partial charge in [-0.05, 0) is 36.4 Å². The molecule has 1 aliphatic rings. The molecule has 0 atom stereocenters. The van der Waals surface area contributed by atoms with Crippen molar-refractivity contribution in [2.24, 2.45) is 0 Å². The van der Waals surface area contributed by atoms with Crippen LogP contribution in [0.25, 0.3) is 21.6 Å². The molecular weight excluding hydrogens is 424 g/mol. The maximum absolute atomic E-state index is 12.9. The third-order valence-corrected chi connectivity index (χ3v) is 6.66. The molecule has 10 heteroatoms. The summed E-state index contributed by atoms with van der Waals surface area (Å²) in [7, 11) is 3.18. The topological polar surface area (TPSA) is 92.3 Å². The molecule has 0 N–H and O–H groups in total. The standard InChI is InChI=1S/C20H18N4O4S2/c1-26-12-5-6-13(15(9-12)27-2)18-22-16(28-23-18)10-30-20-21-14-7-8-29-17(14)19(25)24(20)11-3-4-11/h5-9,11H,3-4,10H2,1-2H3. The van der Waals surface area contributed by atoms with Crippen LogP contribution >= 0.6 is 23.1 Å². The largest absolute Gasteiger partial charge is 0.497 e. The normalized spacial score (nSPS) is 13.7. The maximum Gasteiger partial charge on any atom is 0.272 e. The second kappa shape index (κ2) is 7.77. The first kappa shape index (κ1) is 19.1. The van der Waals surface area contributed by atoms with E-state index in [-0.39, 0.29) is 11.6 Å². The summed E-state index contributed by atoms with van der Waals surface area (Å²) >= 11 is 2.87. The van der Waals surface area contributed by atoms with Crippen LogP contribution in [0.1, 0.15) is 24.8 Å². The Morgan fingerprint density at radius 3 is 2.87 bits per heavy atom. The number of nitrogens with zero attached hydrogens (tertiary/aromatic N) is 4. The van der Waals surface area contributed by atoms with Crippen molar-refractivity contribution in [3.05, 3.63) is 45.9 Å². The van der Waals surface area contributed by atoms with E-state index in [1.54, 1.807) is 20.3 Å². The number of methoxy groups -OCH3 is 2. The summed E-state index contributed by atoms with van der Waals surface area (Å²) in [6.45, 7) is 0. The minimum absolute atomic E-state index is 0.0363. The second-order valence-corrected chi connectivity index (χ2v) is 8.66. The molecule has 1 fully saturated rings. The summed E-state index contributed by atoms with van der Waals surface area (Å²) < 4.78 is 18.6. The highest BCUT2D eigenvalue weighted by atomic mass is 32.2. The van der Waals surface area contributed by atoms with E-state index >= 15 is 0 Å². The SMILES string of the molecule is COc1ccc(-c2noc(CSc3nc4ccsc4c(=O)n3C3CC3)n2)c(OC)c1. The fourth-order valence-corrected chi connectivity index (χ4v) is 4.86. The van der Waals surface area contributed by atoms with Gasteiger partial charge in [0, 0.05) is 12.1 Å². The van der Waals surface area contributed by atoms with Crippen LogP contribution < -0.4 is 15.0 Å². The molecule has 30 heavy (non-hydrogen) atoms. The predicted octanol–water partition coefficient (Wildman–Crippen LogP) is 4.15. The number of thioether (sulfide) groups is 1. The van der Waals surface area contributed by atoms with Crippen molar-refractivity contribution >= 4 is 33.3 Å². The van der Waals surface area contributed by atoms with E-state index in [0.29, 0.717) is 44.4 Å². The van der Waals surface area contributed by atoms with E-state index in [2.05, 4.69) is 10.1 Å². The van der Waals surface area contributed by atoms with Crippen molar-refractivity contribution in [2.75, 3.05) is 14.2 Å². The first-order valence-corrected chi connectivity index (χ1v) is 11.2. The van der Waals surface area contributed by atoms with Crippen LogP contribution in [0.5, 0.6) is 11.5 Å². The lowest BCUT2D eigenvalue weighted by Gasteiger charge is -2.09. The Bertz CT molecular complexity index is 1280. The monoisotopic (exact) mass is 442 g/mol. The summed E-state index contributed by atoms with van der Waals surface area (Å²) in [5, 5.41) is 6.67. The predicted molar refractivity (Wildman–Crippen MR) is 115 cm³/mol. The Labute approximate surface area is 179 Å². The number of fused-ring (bicyclic) bond motifs is 1. The highest BCUT2D eigenvalue weighted by molar-refractivity contribution is 7.98. The molecule has 0 aliphatic heterocycles. The van der Waals surface area contributed by atoms with Gasteiger partial charge >= 0.3 is 0 Å². The van der Waals surface area contributed by atoms with Crippen molar-refractivity contribution in [2.45, 2.75) is 29.8 Å². The van der Waals surface area contributed by atoms with Gasteiger partial charge in [-0.2, -0.15) is 4.98 Å². The molecule has 4 aromatic rings. The third kappa shape index (κ3) is 3.46. The highest BCUT2D eigenvalue weighted by Crippen LogP contribution is 2.38. The Kier molecular flexibility index (Phi) is 4.95. The van der Waals surface area contributed by atoms with Crippen LogP contribution in [-0.4, -0.2) is 33.9 Å². The molecule has 5 rings (SSSR count). The number of thiophene rings is 1. The van der Waals surface area contributed by atoms with Crippen molar-refractivity contribution in [1.82, 2.24) is 19.7 Å². The molecule has 0 saturated heterocycles. The van der Waals surface area contributed by atoms with Crippen molar-refractivity contribution in [3.8, 4) is 22.9 Å². The van der Waals surface area contributed by atoms with Crippen molar-refractivity contribution in [3.63, 3.8) is 0 Å². The van der Waals surface area contributed by atoms with Gasteiger partial charge in [0.25, 0.3) is 5.56 Å². The molecule has 1 aliphatic carbocycles. The van der Waals surface area contributed by atoms with Gasteiger partial charge in [0.05, 0.1) is 31.1 Å². The average molecular weight is 443 g/mol. The Balaban J connectivity index is 1.41. The summed E-state index contributed by atoms with van der Waals surface area (Å²) in [6.07, 6.45) is 2.02. The van der Waals surface area contributed by atoms with E-state index in [1.165, 1.54) is 23.1 Å². The third-order valence-electron chi connectivity index (χ3n) is 4.83. The number of hydrogen-bond donors (Lipinski definition) is 0. The quantitative estimate of drug-likeness (QED) is 0.311. The fourth-order valence-electron chi connectivity index (χ4n) is 3.19. The van der Waals surface area contributed by atoms with Crippen LogP contribution in [0.3, 0.4) is 0 Å². The number of hydrogen-bond acceptors (Lipinski definition) is 9. The first-order chi connectivity index (χ1) is 14.7. The molecule has 0 amide bonds. The highest BCUT2D eigenvalue weighted by Gasteiger charge is 2.29. The minimum Gasteiger partial charge on any atom is -0.497 e. The summed E-state index contributed by atoms with van der Waals surface area (Å²) in [4.78, 5) is 22.0. The molecular formula is C20H18N4O4S2. The summed E-state index contributed by atoms with van der Waals surface area (Å²) in [6, 6.07) is 7.53. The van der Waals surface area contributed by atoms with Gasteiger partial charge in [-0.1, -0.05) is 16.9 Å². The molecule has 0 spiro atoms. The number of rotatable bonds is 7. The van der Waals surface area contributed by atoms with Gasteiger partial charge in [0.2, 0.25) is 11.7 Å². The molecule has 0 bridgehead atoms. The lowest BCUT2D eigenvalue weighted by atomic mass is 10.2. The molecule has 1 saturated carbocycles. The lowest BCUT2D eigenvalue weighted by molar-refractivity contribution is 0.388. The van der Waals surface area contributed by atoms with Crippen molar-refractivity contribution in [1.29, 1.82) is 0 Å². The minimum atomic E-state index is 0.0363. The van der Waals surface area contributed by atoms with Crippen LogP contribution in [0.4, 0.5) is 0 Å². The molecule has 8 nitrogen and oxygen atoms in total. The number of aromatic nitrogens is 4. The van der Waals surface area contributed by atoms with Crippen LogP contribution in [-0.2, 0) is 5.75 Å². The van der Waals surface area contributed by atoms with Gasteiger partial charge in [-0.15, -0.1) is 11.3 Å². The van der Waals surface area contributed by atoms with E-state index < -0.39 is 0 Å². The van der Waals surface area contributed by atoms with Gasteiger partial charge in [0.15, 0.2) is 5.16 Å². The van der Waals surface area contributed by atoms with Gasteiger partial charge < -0.3 is 14.0 Å². The summed E-state index contributed by atoms with van der Waals surface area (Å²) in [5.41, 5.74) is 1.48. The number of ether oxygens (including phenoxy) is 2. The van der Waals surface area contributed by atoms with Crippen LogP contribution in [0.15, 0.2) is 44.1 Å². The van der Waals surface area contributed by atoms with Gasteiger partial charge in [-0.25, -0.2) is 4.98 Å². The smallest absolute Gasteiger partial charge is 0.272 e. The first-order valence-electron chi connectivity index (χ1n) is 9.35. The Morgan fingerprint density at radius 2 is 2.10 bits per heavy atom.